The molecular formula is C17H16N4O5. The number of nitrogens with zero attached hydrogens (tertiary/aromatic N) is 4. The maximum Gasteiger partial charge on any atom is 0.355 e. The first-order chi connectivity index (χ1) is 12.3. The molecule has 0 unspecified atom stereocenters. The van der Waals surface area contributed by atoms with Crippen LogP contribution >= 0.6 is 0 Å². The van der Waals surface area contributed by atoms with Crippen molar-refractivity contribution in [1.82, 2.24) is 14.8 Å². The molecule has 9 nitrogen and oxygen atoms in total. The van der Waals surface area contributed by atoms with Gasteiger partial charge in [-0.3, -0.25) is 10.1 Å². The van der Waals surface area contributed by atoms with Crippen LogP contribution in [-0.2, 0) is 11.8 Å². The van der Waals surface area contributed by atoms with Gasteiger partial charge in [0.15, 0.2) is 6.10 Å². The third-order valence-corrected chi connectivity index (χ3v) is 3.78. The lowest BCUT2D eigenvalue weighted by Crippen LogP contribution is -2.12. The highest BCUT2D eigenvalue weighted by Crippen LogP contribution is 2.24. The van der Waals surface area contributed by atoms with Crippen LogP contribution in [0.5, 0.6) is 0 Å². The fraction of sp³-hybridized carbons (Fsp3) is 0.235. The first-order valence-corrected chi connectivity index (χ1v) is 7.77. The van der Waals surface area contributed by atoms with Crippen LogP contribution in [0.2, 0.25) is 0 Å². The molecule has 2 aromatic heterocycles. The first-order valence-electron chi connectivity index (χ1n) is 7.77. The zero-order valence-electron chi connectivity index (χ0n) is 14.4. The summed E-state index contributed by atoms with van der Waals surface area (Å²) in [5.74, 6) is -0.266. The summed E-state index contributed by atoms with van der Waals surface area (Å²) in [6, 6.07) is 8.70. The molecule has 0 aliphatic heterocycles. The number of benzene rings is 1. The van der Waals surface area contributed by atoms with Gasteiger partial charge in [-0.1, -0.05) is 17.7 Å². The molecule has 134 valence electrons. The molecule has 3 rings (SSSR count). The summed E-state index contributed by atoms with van der Waals surface area (Å²) in [6.07, 6.45) is 0.437. The second kappa shape index (κ2) is 6.79. The second-order valence-electron chi connectivity index (χ2n) is 5.81. The molecule has 0 saturated carbocycles. The van der Waals surface area contributed by atoms with E-state index < -0.39 is 17.0 Å². The molecular weight excluding hydrogens is 340 g/mol. The van der Waals surface area contributed by atoms with E-state index in [0.29, 0.717) is 5.89 Å². The lowest BCUT2D eigenvalue weighted by molar-refractivity contribution is -0.384. The second-order valence-corrected chi connectivity index (χ2v) is 5.81. The smallest absolute Gasteiger partial charge is 0.355 e. The van der Waals surface area contributed by atoms with Gasteiger partial charge in [0.1, 0.15) is 5.69 Å². The van der Waals surface area contributed by atoms with Gasteiger partial charge in [-0.15, -0.1) is 10.2 Å². The predicted octanol–water partition coefficient (Wildman–Crippen LogP) is 3.21. The summed E-state index contributed by atoms with van der Waals surface area (Å²) < 4.78 is 12.2. The lowest BCUT2D eigenvalue weighted by Gasteiger charge is -2.09. The van der Waals surface area contributed by atoms with Gasteiger partial charge in [0, 0.05) is 18.7 Å². The van der Waals surface area contributed by atoms with E-state index in [1.54, 1.807) is 6.92 Å². The Labute approximate surface area is 148 Å². The van der Waals surface area contributed by atoms with Gasteiger partial charge in [-0.25, -0.2) is 4.79 Å². The van der Waals surface area contributed by atoms with Gasteiger partial charge in [-0.2, -0.15) is 0 Å². The van der Waals surface area contributed by atoms with E-state index in [4.69, 9.17) is 9.15 Å². The fourth-order valence-corrected chi connectivity index (χ4v) is 2.33. The minimum absolute atomic E-state index is 0.0572. The van der Waals surface area contributed by atoms with E-state index in [9.17, 15) is 14.9 Å². The molecule has 2 heterocycles. The molecule has 0 fully saturated rings. The number of aromatic nitrogens is 3. The van der Waals surface area contributed by atoms with Crippen molar-refractivity contribution in [2.24, 2.45) is 7.05 Å². The number of rotatable bonds is 5. The van der Waals surface area contributed by atoms with Gasteiger partial charge in [-0.05, 0) is 26.0 Å². The molecule has 0 bridgehead atoms. The Morgan fingerprint density at radius 3 is 2.62 bits per heavy atom. The third kappa shape index (κ3) is 3.46. The first kappa shape index (κ1) is 17.3. The van der Waals surface area contributed by atoms with Crippen molar-refractivity contribution in [1.29, 1.82) is 0 Å². The summed E-state index contributed by atoms with van der Waals surface area (Å²) in [5, 5.41) is 18.7. The highest BCUT2D eigenvalue weighted by Gasteiger charge is 2.24. The number of esters is 1. The van der Waals surface area contributed by atoms with E-state index in [2.05, 4.69) is 10.2 Å². The normalized spacial score (nSPS) is 12.0. The zero-order valence-corrected chi connectivity index (χ0v) is 14.4. The molecule has 0 aliphatic carbocycles. The van der Waals surface area contributed by atoms with Gasteiger partial charge in [0.25, 0.3) is 11.6 Å². The highest BCUT2D eigenvalue weighted by atomic mass is 16.6. The lowest BCUT2D eigenvalue weighted by atomic mass is 10.1. The Morgan fingerprint density at radius 2 is 2.00 bits per heavy atom. The monoisotopic (exact) mass is 356 g/mol. The van der Waals surface area contributed by atoms with Crippen molar-refractivity contribution in [3.63, 3.8) is 0 Å². The molecule has 0 saturated heterocycles. The van der Waals surface area contributed by atoms with Crippen molar-refractivity contribution < 1.29 is 18.9 Å². The van der Waals surface area contributed by atoms with E-state index in [0.717, 1.165) is 17.2 Å². The number of hydrogen-bond acceptors (Lipinski definition) is 7. The molecule has 0 radical (unpaired) electrons. The summed E-state index contributed by atoms with van der Waals surface area (Å²) in [7, 11) is 1.52. The quantitative estimate of drug-likeness (QED) is 0.392. The van der Waals surface area contributed by atoms with Crippen LogP contribution in [0.3, 0.4) is 0 Å². The molecule has 0 spiro atoms. The highest BCUT2D eigenvalue weighted by molar-refractivity contribution is 5.88. The number of hydrogen-bond donors (Lipinski definition) is 0. The van der Waals surface area contributed by atoms with Crippen molar-refractivity contribution >= 4 is 11.7 Å². The van der Waals surface area contributed by atoms with Crippen LogP contribution in [0.4, 0.5) is 5.69 Å². The molecule has 0 amide bonds. The molecule has 9 heteroatoms. The van der Waals surface area contributed by atoms with Crippen LogP contribution in [0.1, 0.15) is 35.0 Å². The standard InChI is InChI=1S/C17H16N4O5/c1-10-4-6-12(7-5-10)16-19-18-15(26-16)11(2)25-17(22)14-8-13(21(23)24)9-20(14)3/h4-9,11H,1-3H3/t11-/m0/s1. The van der Waals surface area contributed by atoms with Gasteiger partial charge in [0.05, 0.1) is 11.1 Å². The summed E-state index contributed by atoms with van der Waals surface area (Å²) in [6.45, 7) is 3.56. The van der Waals surface area contributed by atoms with Crippen molar-refractivity contribution in [3.8, 4) is 11.5 Å². The SMILES string of the molecule is Cc1ccc(-c2nnc([C@H](C)OC(=O)c3cc([N+](=O)[O-])cn3C)o2)cc1. The van der Waals surface area contributed by atoms with Crippen LogP contribution < -0.4 is 0 Å². The summed E-state index contributed by atoms with van der Waals surface area (Å²) >= 11 is 0. The molecule has 1 atom stereocenters. The summed E-state index contributed by atoms with van der Waals surface area (Å²) in [4.78, 5) is 22.5. The average molecular weight is 356 g/mol. The molecule has 0 aliphatic rings. The number of ether oxygens (including phenoxy) is 1. The number of carbonyl (C=O) groups excluding carboxylic acids is 1. The Hall–Kier alpha value is -3.49. The van der Waals surface area contributed by atoms with Crippen LogP contribution in [0, 0.1) is 17.0 Å². The summed E-state index contributed by atoms with van der Waals surface area (Å²) in [5.41, 5.74) is 1.73. The topological polar surface area (TPSA) is 113 Å². The molecule has 3 aromatic rings. The van der Waals surface area contributed by atoms with Crippen LogP contribution in [-0.4, -0.2) is 25.7 Å². The maximum atomic E-state index is 12.2. The predicted molar refractivity (Wildman–Crippen MR) is 90.4 cm³/mol. The van der Waals surface area contributed by atoms with Crippen LogP contribution in [0.25, 0.3) is 11.5 Å². The number of aryl methyl sites for hydroxylation is 2. The molecule has 1 aromatic carbocycles. The third-order valence-electron chi connectivity index (χ3n) is 3.78. The van der Waals surface area contributed by atoms with Crippen molar-refractivity contribution in [2.75, 3.05) is 0 Å². The van der Waals surface area contributed by atoms with Gasteiger partial charge < -0.3 is 13.7 Å². The fourth-order valence-electron chi connectivity index (χ4n) is 2.33. The van der Waals surface area contributed by atoms with Crippen molar-refractivity contribution in [2.45, 2.75) is 20.0 Å². The van der Waals surface area contributed by atoms with Gasteiger partial charge >= 0.3 is 5.97 Å². The van der Waals surface area contributed by atoms with Gasteiger partial charge in [0.2, 0.25) is 5.89 Å². The minimum atomic E-state index is -0.803. The number of nitro groups is 1. The van der Waals surface area contributed by atoms with E-state index in [1.807, 2.05) is 31.2 Å². The molecule has 0 N–H and O–H groups in total. The van der Waals surface area contributed by atoms with E-state index in [1.165, 1.54) is 17.8 Å². The average Bonchev–Trinajstić information content (AvgIpc) is 3.22. The Balaban J connectivity index is 1.74. The van der Waals surface area contributed by atoms with Crippen molar-refractivity contribution in [3.05, 3.63) is 63.8 Å². The largest absolute Gasteiger partial charge is 0.448 e. The van der Waals surface area contributed by atoms with E-state index >= 15 is 0 Å². The van der Waals surface area contributed by atoms with E-state index in [-0.39, 0.29) is 17.3 Å². The molecule has 26 heavy (non-hydrogen) atoms. The Morgan fingerprint density at radius 1 is 1.31 bits per heavy atom. The Kier molecular flexibility index (Phi) is 4.53. The Bertz CT molecular complexity index is 958. The number of carbonyl (C=O) groups is 1. The van der Waals surface area contributed by atoms with Crippen LogP contribution in [0.15, 0.2) is 40.9 Å². The maximum absolute atomic E-state index is 12.2. The minimum Gasteiger partial charge on any atom is -0.448 e. The zero-order chi connectivity index (χ0) is 18.8.